The van der Waals surface area contributed by atoms with E-state index in [0.29, 0.717) is 0 Å². The van der Waals surface area contributed by atoms with Crippen molar-refractivity contribution in [2.24, 2.45) is 0 Å². The second-order valence-electron chi connectivity index (χ2n) is 3.14. The number of halogens is 1. The third kappa shape index (κ3) is 1.59. The van der Waals surface area contributed by atoms with Crippen molar-refractivity contribution in [1.29, 1.82) is 0 Å². The van der Waals surface area contributed by atoms with E-state index in [2.05, 4.69) is 31.5 Å². The number of aromatic nitrogens is 1. The molecular weight excluding hydrogens is 246 g/mol. The van der Waals surface area contributed by atoms with Crippen LogP contribution in [0.3, 0.4) is 0 Å². The Balaban J connectivity index is 2.35. The molecule has 0 bridgehead atoms. The topological polar surface area (TPSA) is 54.0 Å². The molecule has 14 heavy (non-hydrogen) atoms. The van der Waals surface area contributed by atoms with Crippen LogP contribution < -0.4 is 10.6 Å². The fourth-order valence-corrected chi connectivity index (χ4v) is 1.72. The summed E-state index contributed by atoms with van der Waals surface area (Å²) in [5.74, 6) is 0.736. The molecule has 1 aromatic rings. The maximum Gasteiger partial charge on any atom is 0.246 e. The summed E-state index contributed by atoms with van der Waals surface area (Å²) in [5, 5.41) is 5.89. The minimum atomic E-state index is -0.170. The predicted octanol–water partition coefficient (Wildman–Crippen LogP) is 1.99. The third-order valence-electron chi connectivity index (χ3n) is 2.15. The molecule has 1 atom stereocenters. The van der Waals surface area contributed by atoms with Crippen molar-refractivity contribution in [1.82, 2.24) is 4.98 Å². The van der Waals surface area contributed by atoms with Crippen molar-refractivity contribution >= 4 is 33.3 Å². The van der Waals surface area contributed by atoms with E-state index in [-0.39, 0.29) is 11.9 Å². The number of hydrogen-bond donors (Lipinski definition) is 2. The molecule has 0 saturated carbocycles. The quantitative estimate of drug-likeness (QED) is 0.807. The van der Waals surface area contributed by atoms with Crippen molar-refractivity contribution in [2.75, 3.05) is 10.6 Å². The van der Waals surface area contributed by atoms with Gasteiger partial charge in [0.15, 0.2) is 5.82 Å². The molecule has 4 nitrogen and oxygen atoms in total. The number of carbonyl (C=O) groups is 1. The van der Waals surface area contributed by atoms with Crippen LogP contribution in [-0.4, -0.2) is 16.9 Å². The number of rotatable bonds is 1. The molecule has 2 rings (SSSR count). The van der Waals surface area contributed by atoms with E-state index >= 15 is 0 Å². The number of amides is 1. The van der Waals surface area contributed by atoms with E-state index in [9.17, 15) is 4.79 Å². The van der Waals surface area contributed by atoms with Crippen LogP contribution in [0.25, 0.3) is 0 Å². The Hall–Kier alpha value is -1.10. The van der Waals surface area contributed by atoms with E-state index in [1.54, 1.807) is 6.20 Å². The minimum absolute atomic E-state index is 0.0000926. The molecule has 1 aliphatic heterocycles. The summed E-state index contributed by atoms with van der Waals surface area (Å²) in [4.78, 5) is 15.7. The van der Waals surface area contributed by atoms with Crippen LogP contribution in [0, 0.1) is 0 Å². The summed E-state index contributed by atoms with van der Waals surface area (Å²) in [6.07, 6.45) is 2.46. The summed E-state index contributed by atoms with van der Waals surface area (Å²) in [5.41, 5.74) is 0.731. The molecule has 1 amide bonds. The number of anilines is 2. The number of carbonyl (C=O) groups excluding carboxylic acids is 1. The second-order valence-corrected chi connectivity index (χ2v) is 4.06. The van der Waals surface area contributed by atoms with E-state index in [1.807, 2.05) is 13.0 Å². The van der Waals surface area contributed by atoms with Gasteiger partial charge in [0.05, 0.1) is 5.69 Å². The van der Waals surface area contributed by atoms with Gasteiger partial charge in [0.25, 0.3) is 0 Å². The highest BCUT2D eigenvalue weighted by Gasteiger charge is 2.24. The van der Waals surface area contributed by atoms with E-state index in [0.717, 1.165) is 22.4 Å². The lowest BCUT2D eigenvalue weighted by molar-refractivity contribution is -0.117. The average Bonchev–Trinajstić information content (AvgIpc) is 2.16. The zero-order chi connectivity index (χ0) is 10.1. The molecule has 74 valence electrons. The minimum Gasteiger partial charge on any atom is -0.357 e. The SMILES string of the molecule is CCC1Nc2ncc(Br)cc2NC1=O. The third-order valence-corrected chi connectivity index (χ3v) is 2.58. The maximum atomic E-state index is 11.5. The molecule has 0 aromatic carbocycles. The van der Waals surface area contributed by atoms with Crippen molar-refractivity contribution < 1.29 is 4.79 Å². The van der Waals surface area contributed by atoms with Gasteiger partial charge < -0.3 is 10.6 Å². The monoisotopic (exact) mass is 255 g/mol. The molecule has 0 spiro atoms. The first-order chi connectivity index (χ1) is 6.70. The van der Waals surface area contributed by atoms with Gasteiger partial charge in [-0.3, -0.25) is 4.79 Å². The van der Waals surface area contributed by atoms with E-state index in [4.69, 9.17) is 0 Å². The van der Waals surface area contributed by atoms with Crippen LogP contribution in [0.2, 0.25) is 0 Å². The summed E-state index contributed by atoms with van der Waals surface area (Å²) < 4.78 is 0.855. The fourth-order valence-electron chi connectivity index (χ4n) is 1.39. The number of nitrogens with zero attached hydrogens (tertiary/aromatic N) is 1. The van der Waals surface area contributed by atoms with Crippen LogP contribution in [0.1, 0.15) is 13.3 Å². The van der Waals surface area contributed by atoms with E-state index < -0.39 is 0 Å². The Morgan fingerprint density at radius 1 is 1.64 bits per heavy atom. The Bertz CT molecular complexity index is 380. The number of fused-ring (bicyclic) bond motifs is 1. The Morgan fingerprint density at radius 2 is 2.43 bits per heavy atom. The predicted molar refractivity (Wildman–Crippen MR) is 58.3 cm³/mol. The second kappa shape index (κ2) is 3.57. The standard InChI is InChI=1S/C9H10BrN3O/c1-2-6-9(14)13-7-3-5(10)4-11-8(7)12-6/h3-4,6H,2H2,1H3,(H,11,12)(H,13,14). The lowest BCUT2D eigenvalue weighted by Crippen LogP contribution is -2.38. The van der Waals surface area contributed by atoms with Gasteiger partial charge in [0.2, 0.25) is 5.91 Å². The van der Waals surface area contributed by atoms with Crippen LogP contribution in [0.5, 0.6) is 0 Å². The Morgan fingerprint density at radius 3 is 3.14 bits per heavy atom. The average molecular weight is 256 g/mol. The van der Waals surface area contributed by atoms with E-state index in [1.165, 1.54) is 0 Å². The van der Waals surface area contributed by atoms with Crippen molar-refractivity contribution in [3.05, 3.63) is 16.7 Å². The van der Waals surface area contributed by atoms with Crippen molar-refractivity contribution in [3.63, 3.8) is 0 Å². The highest BCUT2D eigenvalue weighted by atomic mass is 79.9. The summed E-state index contributed by atoms with van der Waals surface area (Å²) >= 11 is 3.30. The van der Waals surface area contributed by atoms with Crippen LogP contribution >= 0.6 is 15.9 Å². The van der Waals surface area contributed by atoms with Crippen molar-refractivity contribution in [2.45, 2.75) is 19.4 Å². The first-order valence-corrected chi connectivity index (χ1v) is 5.23. The van der Waals surface area contributed by atoms with Gasteiger partial charge in [-0.1, -0.05) is 6.92 Å². The molecule has 1 aromatic heterocycles. The lowest BCUT2D eigenvalue weighted by atomic mass is 10.1. The van der Waals surface area contributed by atoms with Gasteiger partial charge >= 0.3 is 0 Å². The summed E-state index contributed by atoms with van der Waals surface area (Å²) in [7, 11) is 0. The van der Waals surface area contributed by atoms with Crippen molar-refractivity contribution in [3.8, 4) is 0 Å². The zero-order valence-electron chi connectivity index (χ0n) is 7.67. The normalized spacial score (nSPS) is 19.6. The highest BCUT2D eigenvalue weighted by molar-refractivity contribution is 9.10. The molecular formula is C9H10BrN3O. The number of nitrogens with one attached hydrogen (secondary N) is 2. The Kier molecular flexibility index (Phi) is 2.41. The highest BCUT2D eigenvalue weighted by Crippen LogP contribution is 2.27. The maximum absolute atomic E-state index is 11.5. The molecule has 1 unspecified atom stereocenters. The lowest BCUT2D eigenvalue weighted by Gasteiger charge is -2.24. The summed E-state index contributed by atoms with van der Waals surface area (Å²) in [6.45, 7) is 1.96. The Labute approximate surface area is 90.2 Å². The summed E-state index contributed by atoms with van der Waals surface area (Å²) in [6, 6.07) is 1.66. The smallest absolute Gasteiger partial charge is 0.246 e. The number of pyridine rings is 1. The van der Waals surface area contributed by atoms with Crippen LogP contribution in [0.4, 0.5) is 11.5 Å². The van der Waals surface area contributed by atoms with Gasteiger partial charge in [0.1, 0.15) is 6.04 Å². The van der Waals surface area contributed by atoms with Gasteiger partial charge in [-0.25, -0.2) is 4.98 Å². The molecule has 5 heteroatoms. The van der Waals surface area contributed by atoms with Gasteiger partial charge in [-0.15, -0.1) is 0 Å². The molecule has 0 aliphatic carbocycles. The first-order valence-electron chi connectivity index (χ1n) is 4.43. The molecule has 2 heterocycles. The fraction of sp³-hybridized carbons (Fsp3) is 0.333. The zero-order valence-corrected chi connectivity index (χ0v) is 9.26. The van der Waals surface area contributed by atoms with Gasteiger partial charge in [0, 0.05) is 10.7 Å². The molecule has 0 fully saturated rings. The van der Waals surface area contributed by atoms with Crippen LogP contribution in [-0.2, 0) is 4.79 Å². The van der Waals surface area contributed by atoms with Gasteiger partial charge in [-0.05, 0) is 28.4 Å². The number of hydrogen-bond acceptors (Lipinski definition) is 3. The molecule has 1 aliphatic rings. The molecule has 0 saturated heterocycles. The van der Waals surface area contributed by atoms with Crippen LogP contribution in [0.15, 0.2) is 16.7 Å². The molecule has 0 radical (unpaired) electrons. The molecule has 2 N–H and O–H groups in total. The van der Waals surface area contributed by atoms with Gasteiger partial charge in [-0.2, -0.15) is 0 Å². The first kappa shape index (κ1) is 9.45. The largest absolute Gasteiger partial charge is 0.357 e.